The van der Waals surface area contributed by atoms with Gasteiger partial charge in [0.2, 0.25) is 5.91 Å². The van der Waals surface area contributed by atoms with Gasteiger partial charge in [-0.1, -0.05) is 6.07 Å². The molecule has 4 heteroatoms. The van der Waals surface area contributed by atoms with Gasteiger partial charge < -0.3 is 10.2 Å². The molecule has 1 saturated carbocycles. The van der Waals surface area contributed by atoms with Crippen LogP contribution in [0.3, 0.4) is 0 Å². The van der Waals surface area contributed by atoms with Gasteiger partial charge in [0.05, 0.1) is 6.54 Å². The van der Waals surface area contributed by atoms with Crippen LogP contribution in [0.1, 0.15) is 25.7 Å². The van der Waals surface area contributed by atoms with Crippen molar-refractivity contribution in [2.45, 2.75) is 25.7 Å². The van der Waals surface area contributed by atoms with E-state index in [-0.39, 0.29) is 5.91 Å². The number of carbonyl (C=O) groups excluding carboxylic acids is 1. The zero-order valence-electron chi connectivity index (χ0n) is 10.6. The molecule has 2 heterocycles. The molecule has 0 radical (unpaired) electrons. The number of anilines is 1. The van der Waals surface area contributed by atoms with E-state index < -0.39 is 0 Å². The Balaban J connectivity index is 1.52. The van der Waals surface area contributed by atoms with Crippen LogP contribution in [0.5, 0.6) is 0 Å². The Morgan fingerprint density at radius 2 is 2.28 bits per heavy atom. The van der Waals surface area contributed by atoms with Gasteiger partial charge in [-0.25, -0.2) is 4.98 Å². The van der Waals surface area contributed by atoms with E-state index in [9.17, 15) is 4.79 Å². The summed E-state index contributed by atoms with van der Waals surface area (Å²) >= 11 is 0. The number of carbonyl (C=O) groups is 1. The molecule has 1 amide bonds. The molecular weight excluding hydrogens is 226 g/mol. The zero-order chi connectivity index (χ0) is 12.4. The van der Waals surface area contributed by atoms with Crippen molar-refractivity contribution in [1.29, 1.82) is 0 Å². The minimum atomic E-state index is 0.201. The summed E-state index contributed by atoms with van der Waals surface area (Å²) in [7, 11) is 0. The molecule has 2 fully saturated rings. The number of hydrogen-bond acceptors (Lipinski definition) is 3. The van der Waals surface area contributed by atoms with Crippen LogP contribution >= 0.6 is 0 Å². The molecule has 2 aliphatic rings. The third-order valence-corrected chi connectivity index (χ3v) is 4.06. The van der Waals surface area contributed by atoms with E-state index in [1.807, 2.05) is 23.1 Å². The minimum Gasteiger partial charge on any atom is -0.361 e. The quantitative estimate of drug-likeness (QED) is 0.884. The average Bonchev–Trinajstić information content (AvgIpc) is 3.16. The molecular formula is C14H19N3O. The summed E-state index contributed by atoms with van der Waals surface area (Å²) in [6.45, 7) is 2.24. The topological polar surface area (TPSA) is 45.2 Å². The molecule has 0 atom stereocenters. The van der Waals surface area contributed by atoms with Gasteiger partial charge in [-0.15, -0.1) is 0 Å². The lowest BCUT2D eigenvalue weighted by molar-refractivity contribution is -0.131. The predicted molar refractivity (Wildman–Crippen MR) is 70.2 cm³/mol. The number of hydrogen-bond donors (Lipinski definition) is 1. The van der Waals surface area contributed by atoms with Gasteiger partial charge in [-0.3, -0.25) is 4.79 Å². The summed E-state index contributed by atoms with van der Waals surface area (Å²) in [6.07, 6.45) is 6.82. The van der Waals surface area contributed by atoms with Crippen LogP contribution in [-0.4, -0.2) is 35.4 Å². The van der Waals surface area contributed by atoms with E-state index in [2.05, 4.69) is 10.3 Å². The second kappa shape index (κ2) is 4.59. The van der Waals surface area contributed by atoms with Gasteiger partial charge in [0.15, 0.2) is 0 Å². The average molecular weight is 245 g/mol. The van der Waals surface area contributed by atoms with Crippen LogP contribution in [0.2, 0.25) is 0 Å². The van der Waals surface area contributed by atoms with Crippen molar-refractivity contribution in [2.24, 2.45) is 5.41 Å². The summed E-state index contributed by atoms with van der Waals surface area (Å²) in [4.78, 5) is 18.3. The largest absolute Gasteiger partial charge is 0.361 e. The molecule has 0 bridgehead atoms. The Labute approximate surface area is 107 Å². The molecule has 0 aromatic carbocycles. The van der Waals surface area contributed by atoms with Crippen molar-refractivity contribution >= 4 is 11.7 Å². The van der Waals surface area contributed by atoms with Gasteiger partial charge >= 0.3 is 0 Å². The fraction of sp³-hybridized carbons (Fsp3) is 0.571. The van der Waals surface area contributed by atoms with E-state index in [1.165, 1.54) is 19.3 Å². The van der Waals surface area contributed by atoms with Crippen LogP contribution in [0, 0.1) is 5.41 Å². The van der Waals surface area contributed by atoms with Gasteiger partial charge in [0.1, 0.15) is 5.82 Å². The van der Waals surface area contributed by atoms with Gasteiger partial charge in [-0.05, 0) is 43.2 Å². The fourth-order valence-corrected chi connectivity index (χ4v) is 2.75. The Kier molecular flexibility index (Phi) is 2.94. The molecule has 1 aromatic heterocycles. The molecule has 3 rings (SSSR count). The lowest BCUT2D eigenvalue weighted by Crippen LogP contribution is -2.43. The number of likely N-dealkylation sites (tertiary alicyclic amines) is 1. The number of aromatic nitrogens is 1. The molecule has 0 unspecified atom stereocenters. The first kappa shape index (κ1) is 11.5. The van der Waals surface area contributed by atoms with E-state index in [4.69, 9.17) is 0 Å². The number of amides is 1. The Morgan fingerprint density at radius 3 is 3.00 bits per heavy atom. The smallest absolute Gasteiger partial charge is 0.241 e. The Hall–Kier alpha value is -1.58. The maximum absolute atomic E-state index is 12.1. The highest BCUT2D eigenvalue weighted by atomic mass is 16.2. The van der Waals surface area contributed by atoms with Crippen LogP contribution in [0.15, 0.2) is 24.4 Å². The normalized spacial score (nSPS) is 20.8. The van der Waals surface area contributed by atoms with Crippen LogP contribution in [0.25, 0.3) is 0 Å². The summed E-state index contributed by atoms with van der Waals surface area (Å²) in [5.41, 5.74) is 0.499. The molecule has 1 aliphatic carbocycles. The van der Waals surface area contributed by atoms with E-state index >= 15 is 0 Å². The molecule has 1 saturated heterocycles. The summed E-state index contributed by atoms with van der Waals surface area (Å²) in [5.74, 6) is 0.968. The number of pyridine rings is 1. The van der Waals surface area contributed by atoms with E-state index in [0.29, 0.717) is 12.0 Å². The number of nitrogens with one attached hydrogen (secondary N) is 1. The SMILES string of the molecule is O=C(CNc1ccccn1)N1CCCC2(CC2)C1. The second-order valence-corrected chi connectivity index (χ2v) is 5.49. The number of piperidine rings is 1. The zero-order valence-corrected chi connectivity index (χ0v) is 10.6. The van der Waals surface area contributed by atoms with Crippen molar-refractivity contribution in [3.8, 4) is 0 Å². The molecule has 4 nitrogen and oxygen atoms in total. The Morgan fingerprint density at radius 1 is 1.39 bits per heavy atom. The standard InChI is InChI=1S/C14H19N3O/c18-13(10-16-12-4-1-2-8-15-12)17-9-3-5-14(11-17)6-7-14/h1-2,4,8H,3,5-7,9-11H2,(H,15,16). The first-order valence-electron chi connectivity index (χ1n) is 6.70. The van der Waals surface area contributed by atoms with Gasteiger partial charge in [-0.2, -0.15) is 0 Å². The molecule has 1 spiro atoms. The van der Waals surface area contributed by atoms with Crippen LogP contribution in [-0.2, 0) is 4.79 Å². The summed E-state index contributed by atoms with van der Waals surface area (Å²) in [6, 6.07) is 5.67. The highest BCUT2D eigenvalue weighted by molar-refractivity contribution is 5.80. The van der Waals surface area contributed by atoms with Crippen molar-refractivity contribution in [3.63, 3.8) is 0 Å². The lowest BCUT2D eigenvalue weighted by Gasteiger charge is -2.33. The minimum absolute atomic E-state index is 0.201. The predicted octanol–water partition coefficient (Wildman–Crippen LogP) is 1.90. The monoisotopic (exact) mass is 245 g/mol. The fourth-order valence-electron chi connectivity index (χ4n) is 2.75. The van der Waals surface area contributed by atoms with Gasteiger partial charge in [0, 0.05) is 19.3 Å². The van der Waals surface area contributed by atoms with Crippen LogP contribution in [0.4, 0.5) is 5.82 Å². The Bertz CT molecular complexity index is 428. The first-order chi connectivity index (χ1) is 8.77. The van der Waals surface area contributed by atoms with E-state index in [0.717, 1.165) is 25.3 Å². The maximum atomic E-state index is 12.1. The molecule has 96 valence electrons. The molecule has 1 aliphatic heterocycles. The highest BCUT2D eigenvalue weighted by Gasteiger charge is 2.46. The highest BCUT2D eigenvalue weighted by Crippen LogP contribution is 2.51. The first-order valence-corrected chi connectivity index (χ1v) is 6.70. The van der Waals surface area contributed by atoms with Crippen molar-refractivity contribution in [2.75, 3.05) is 25.0 Å². The molecule has 1 aromatic rings. The summed E-state index contributed by atoms with van der Waals surface area (Å²) in [5, 5.41) is 3.09. The maximum Gasteiger partial charge on any atom is 0.241 e. The van der Waals surface area contributed by atoms with Gasteiger partial charge in [0.25, 0.3) is 0 Å². The molecule has 18 heavy (non-hydrogen) atoms. The summed E-state index contributed by atoms with van der Waals surface area (Å²) < 4.78 is 0. The van der Waals surface area contributed by atoms with Crippen LogP contribution < -0.4 is 5.32 Å². The molecule has 1 N–H and O–H groups in total. The number of nitrogens with zero attached hydrogens (tertiary/aromatic N) is 2. The lowest BCUT2D eigenvalue weighted by atomic mass is 9.95. The van der Waals surface area contributed by atoms with Crippen molar-refractivity contribution < 1.29 is 4.79 Å². The second-order valence-electron chi connectivity index (χ2n) is 5.49. The third-order valence-electron chi connectivity index (χ3n) is 4.06. The third kappa shape index (κ3) is 2.47. The van der Waals surface area contributed by atoms with E-state index in [1.54, 1.807) is 6.20 Å². The van der Waals surface area contributed by atoms with Crippen molar-refractivity contribution in [1.82, 2.24) is 9.88 Å². The number of rotatable bonds is 3. The van der Waals surface area contributed by atoms with Crippen molar-refractivity contribution in [3.05, 3.63) is 24.4 Å².